The molecule has 2 aromatic heterocycles. The summed E-state index contributed by atoms with van der Waals surface area (Å²) in [5.74, 6) is 0.923. The zero-order valence-electron chi connectivity index (χ0n) is 16.4. The van der Waals surface area contributed by atoms with Crippen LogP contribution in [0.5, 0.6) is 0 Å². The molecule has 9 heteroatoms. The van der Waals surface area contributed by atoms with Gasteiger partial charge in [0.2, 0.25) is 10.0 Å². The molecule has 0 unspecified atom stereocenters. The van der Waals surface area contributed by atoms with Crippen LogP contribution in [-0.4, -0.2) is 59.5 Å². The molecule has 2 aliphatic rings. The SMILES string of the molecule is CCCCCS(=O)(=O)N1CCN(Cc2nc3sc4c(c3c(=O)[nH]2)CCC4)CC1. The fraction of sp³-hybridized carbons (Fsp3) is 0.684. The van der Waals surface area contributed by atoms with Crippen molar-refractivity contribution < 1.29 is 8.42 Å². The van der Waals surface area contributed by atoms with Gasteiger partial charge >= 0.3 is 0 Å². The fourth-order valence-corrected chi connectivity index (χ4v) is 6.99. The maximum absolute atomic E-state index is 12.6. The van der Waals surface area contributed by atoms with Crippen LogP contribution in [0.1, 0.15) is 48.9 Å². The van der Waals surface area contributed by atoms with Gasteiger partial charge in [-0.1, -0.05) is 19.8 Å². The molecule has 2 aromatic rings. The molecule has 4 rings (SSSR count). The van der Waals surface area contributed by atoms with Crippen LogP contribution in [0.4, 0.5) is 0 Å². The number of nitrogens with one attached hydrogen (secondary N) is 1. The van der Waals surface area contributed by atoms with Crippen LogP contribution < -0.4 is 5.56 Å². The highest BCUT2D eigenvalue weighted by Gasteiger charge is 2.27. The topological polar surface area (TPSA) is 86.4 Å². The minimum absolute atomic E-state index is 0.0310. The molecule has 1 fully saturated rings. The van der Waals surface area contributed by atoms with E-state index in [2.05, 4.69) is 16.8 Å². The summed E-state index contributed by atoms with van der Waals surface area (Å²) in [4.78, 5) is 24.6. The predicted molar refractivity (Wildman–Crippen MR) is 112 cm³/mol. The van der Waals surface area contributed by atoms with E-state index in [0.29, 0.717) is 38.5 Å². The lowest BCUT2D eigenvalue weighted by atomic mass is 10.2. The van der Waals surface area contributed by atoms with E-state index in [9.17, 15) is 13.2 Å². The molecular weight excluding hydrogens is 396 g/mol. The molecule has 0 spiro atoms. The number of aromatic nitrogens is 2. The number of hydrogen-bond acceptors (Lipinski definition) is 6. The number of nitrogens with zero attached hydrogens (tertiary/aromatic N) is 3. The van der Waals surface area contributed by atoms with Gasteiger partial charge in [0.25, 0.3) is 5.56 Å². The van der Waals surface area contributed by atoms with Crippen molar-refractivity contribution in [1.82, 2.24) is 19.2 Å². The van der Waals surface area contributed by atoms with Crippen molar-refractivity contribution in [2.24, 2.45) is 0 Å². The molecule has 0 amide bonds. The Morgan fingerprint density at radius 3 is 2.68 bits per heavy atom. The first kappa shape index (κ1) is 20.0. The second-order valence-electron chi connectivity index (χ2n) is 7.75. The lowest BCUT2D eigenvalue weighted by Crippen LogP contribution is -2.49. The Kier molecular flexibility index (Phi) is 5.87. The summed E-state index contributed by atoms with van der Waals surface area (Å²) in [6, 6.07) is 0. The molecule has 28 heavy (non-hydrogen) atoms. The summed E-state index contributed by atoms with van der Waals surface area (Å²) in [5.41, 5.74) is 1.17. The van der Waals surface area contributed by atoms with E-state index in [1.807, 2.05) is 0 Å². The highest BCUT2D eigenvalue weighted by atomic mass is 32.2. The minimum atomic E-state index is -3.15. The Balaban J connectivity index is 1.39. The highest BCUT2D eigenvalue weighted by molar-refractivity contribution is 7.89. The third kappa shape index (κ3) is 4.03. The van der Waals surface area contributed by atoms with E-state index in [1.54, 1.807) is 15.6 Å². The van der Waals surface area contributed by atoms with Gasteiger partial charge in [0.1, 0.15) is 10.7 Å². The Hall–Kier alpha value is -1.29. The van der Waals surface area contributed by atoms with Gasteiger partial charge in [0.15, 0.2) is 0 Å². The smallest absolute Gasteiger partial charge is 0.259 e. The minimum Gasteiger partial charge on any atom is -0.309 e. The molecule has 1 N–H and O–H groups in total. The molecular formula is C19H28N4O3S2. The van der Waals surface area contributed by atoms with Gasteiger partial charge in [-0.25, -0.2) is 13.4 Å². The van der Waals surface area contributed by atoms with Gasteiger partial charge in [0, 0.05) is 31.1 Å². The van der Waals surface area contributed by atoms with Gasteiger partial charge in [-0.2, -0.15) is 4.31 Å². The monoisotopic (exact) mass is 424 g/mol. The quantitative estimate of drug-likeness (QED) is 0.688. The van der Waals surface area contributed by atoms with Crippen molar-refractivity contribution in [3.63, 3.8) is 0 Å². The predicted octanol–water partition coefficient (Wildman–Crippen LogP) is 2.11. The van der Waals surface area contributed by atoms with E-state index < -0.39 is 10.0 Å². The molecule has 0 saturated carbocycles. The molecule has 1 aliphatic heterocycles. The lowest BCUT2D eigenvalue weighted by molar-refractivity contribution is 0.178. The van der Waals surface area contributed by atoms with E-state index in [4.69, 9.17) is 4.98 Å². The number of thiophene rings is 1. The third-order valence-electron chi connectivity index (χ3n) is 5.73. The average Bonchev–Trinajstić information content (AvgIpc) is 3.23. The zero-order chi connectivity index (χ0) is 19.7. The van der Waals surface area contributed by atoms with Crippen molar-refractivity contribution in [3.8, 4) is 0 Å². The number of piperazine rings is 1. The van der Waals surface area contributed by atoms with Gasteiger partial charge in [0.05, 0.1) is 17.7 Å². The van der Waals surface area contributed by atoms with Crippen LogP contribution in [0.15, 0.2) is 4.79 Å². The number of aryl methyl sites for hydroxylation is 2. The first-order valence-electron chi connectivity index (χ1n) is 10.2. The second-order valence-corrected chi connectivity index (χ2v) is 10.9. The first-order valence-corrected chi connectivity index (χ1v) is 12.6. The van der Waals surface area contributed by atoms with Crippen molar-refractivity contribution in [2.45, 2.75) is 52.0 Å². The molecule has 3 heterocycles. The normalized spacial score (nSPS) is 18.8. The number of unbranched alkanes of at least 4 members (excludes halogenated alkanes) is 2. The van der Waals surface area contributed by atoms with Crippen molar-refractivity contribution in [3.05, 3.63) is 26.6 Å². The molecule has 0 atom stereocenters. The molecule has 0 radical (unpaired) electrons. The highest BCUT2D eigenvalue weighted by Crippen LogP contribution is 2.34. The molecule has 0 aromatic carbocycles. The summed E-state index contributed by atoms with van der Waals surface area (Å²) in [6.45, 7) is 4.97. The standard InChI is InChI=1S/C19H28N4O3S2/c1-2-3-4-12-28(25,26)23-10-8-22(9-11-23)13-16-20-18(24)17-14-6-5-7-15(14)27-19(17)21-16/h2-13H2,1H3,(H,20,21,24). The molecule has 154 valence electrons. The van der Waals surface area contributed by atoms with Crippen molar-refractivity contribution in [2.75, 3.05) is 31.9 Å². The zero-order valence-corrected chi connectivity index (χ0v) is 18.0. The van der Waals surface area contributed by atoms with E-state index in [1.165, 1.54) is 10.4 Å². The maximum Gasteiger partial charge on any atom is 0.259 e. The fourth-order valence-electron chi connectivity index (χ4n) is 4.16. The van der Waals surface area contributed by atoms with Crippen molar-refractivity contribution >= 4 is 31.6 Å². The van der Waals surface area contributed by atoms with Gasteiger partial charge in [-0.05, 0) is 31.2 Å². The average molecular weight is 425 g/mol. The molecule has 1 saturated heterocycles. The molecule has 1 aliphatic carbocycles. The second kappa shape index (κ2) is 8.22. The van der Waals surface area contributed by atoms with E-state index >= 15 is 0 Å². The Labute approximate surface area is 169 Å². The number of sulfonamides is 1. The van der Waals surface area contributed by atoms with Crippen LogP contribution in [0.25, 0.3) is 10.2 Å². The van der Waals surface area contributed by atoms with Crippen LogP contribution in [-0.2, 0) is 29.4 Å². The summed E-state index contributed by atoms with van der Waals surface area (Å²) in [6.07, 6.45) is 5.87. The maximum atomic E-state index is 12.6. The Morgan fingerprint density at radius 1 is 1.14 bits per heavy atom. The number of aromatic amines is 1. The number of H-pyrrole nitrogens is 1. The molecule has 0 bridgehead atoms. The van der Waals surface area contributed by atoms with Crippen molar-refractivity contribution in [1.29, 1.82) is 0 Å². The third-order valence-corrected chi connectivity index (χ3v) is 8.87. The largest absolute Gasteiger partial charge is 0.309 e. The number of rotatable bonds is 7. The molecule has 7 nitrogen and oxygen atoms in total. The van der Waals surface area contributed by atoms with E-state index in [-0.39, 0.29) is 11.3 Å². The Bertz CT molecular complexity index is 1000. The number of fused-ring (bicyclic) bond motifs is 3. The lowest BCUT2D eigenvalue weighted by Gasteiger charge is -2.33. The van der Waals surface area contributed by atoms with Gasteiger partial charge in [-0.15, -0.1) is 11.3 Å². The summed E-state index contributed by atoms with van der Waals surface area (Å²) >= 11 is 1.65. The van der Waals surface area contributed by atoms with Crippen LogP contribution >= 0.6 is 11.3 Å². The van der Waals surface area contributed by atoms with Crippen LogP contribution in [0.3, 0.4) is 0 Å². The van der Waals surface area contributed by atoms with Gasteiger partial charge < -0.3 is 4.98 Å². The summed E-state index contributed by atoms with van der Waals surface area (Å²) in [5, 5.41) is 0.782. The van der Waals surface area contributed by atoms with Crippen LogP contribution in [0.2, 0.25) is 0 Å². The Morgan fingerprint density at radius 2 is 1.93 bits per heavy atom. The van der Waals surface area contributed by atoms with E-state index in [0.717, 1.165) is 48.7 Å². The van der Waals surface area contributed by atoms with Gasteiger partial charge in [-0.3, -0.25) is 9.69 Å². The number of hydrogen-bond donors (Lipinski definition) is 1. The first-order chi connectivity index (χ1) is 13.5. The summed E-state index contributed by atoms with van der Waals surface area (Å²) in [7, 11) is -3.15. The summed E-state index contributed by atoms with van der Waals surface area (Å²) < 4.78 is 26.5. The van der Waals surface area contributed by atoms with Crippen LogP contribution in [0, 0.1) is 0 Å².